The van der Waals surface area contributed by atoms with E-state index >= 15 is 0 Å². The Kier molecular flexibility index (Phi) is 5.74. The molecular formula is C19H19N3O6S. The Morgan fingerprint density at radius 1 is 0.897 bits per heavy atom. The van der Waals surface area contributed by atoms with E-state index in [-0.39, 0.29) is 16.6 Å². The molecule has 0 aliphatic carbocycles. The van der Waals surface area contributed by atoms with Crippen molar-refractivity contribution in [3.8, 4) is 28.5 Å². The number of nitrogens with zero attached hydrogens (tertiary/aromatic N) is 1. The summed E-state index contributed by atoms with van der Waals surface area (Å²) in [7, 11) is 0.358. The van der Waals surface area contributed by atoms with Crippen LogP contribution in [-0.4, -0.2) is 39.7 Å². The van der Waals surface area contributed by atoms with Crippen LogP contribution in [0.5, 0.6) is 17.2 Å². The third-order valence-electron chi connectivity index (χ3n) is 4.02. The first-order chi connectivity index (χ1) is 13.9. The predicted molar refractivity (Wildman–Crippen MR) is 107 cm³/mol. The zero-order valence-corrected chi connectivity index (χ0v) is 16.7. The summed E-state index contributed by atoms with van der Waals surface area (Å²) < 4.78 is 43.1. The summed E-state index contributed by atoms with van der Waals surface area (Å²) in [5.74, 6) is 1.08. The second-order valence-electron chi connectivity index (χ2n) is 5.83. The molecule has 152 valence electrons. The van der Waals surface area contributed by atoms with Gasteiger partial charge >= 0.3 is 0 Å². The van der Waals surface area contributed by atoms with Crippen LogP contribution in [0.4, 0.5) is 5.95 Å². The number of benzene rings is 2. The molecule has 0 radical (unpaired) electrons. The van der Waals surface area contributed by atoms with Gasteiger partial charge in [-0.2, -0.15) is 0 Å². The fourth-order valence-corrected chi connectivity index (χ4v) is 3.56. The molecule has 0 atom stereocenters. The maximum absolute atomic E-state index is 12.7. The van der Waals surface area contributed by atoms with E-state index in [0.29, 0.717) is 22.8 Å². The summed E-state index contributed by atoms with van der Waals surface area (Å²) in [4.78, 5) is 18.5. The summed E-state index contributed by atoms with van der Waals surface area (Å²) in [6.45, 7) is 0. The molecule has 1 aromatic heterocycles. The molecule has 0 unspecified atom stereocenters. The number of aromatic nitrogens is 2. The van der Waals surface area contributed by atoms with Crippen LogP contribution in [0.25, 0.3) is 11.3 Å². The fraction of sp³-hybridized carbons (Fsp3) is 0.158. The van der Waals surface area contributed by atoms with Gasteiger partial charge in [0.05, 0.1) is 31.9 Å². The number of hydrogen-bond donors (Lipinski definition) is 2. The van der Waals surface area contributed by atoms with Crippen LogP contribution in [-0.2, 0) is 10.0 Å². The SMILES string of the molecule is COc1ccc(-c2cc(=O)[nH]c(NS(=O)(=O)c3ccc(OC)c(OC)c3)n2)cc1. The van der Waals surface area contributed by atoms with E-state index in [1.165, 1.54) is 38.5 Å². The molecule has 0 aliphatic rings. The van der Waals surface area contributed by atoms with E-state index in [9.17, 15) is 13.2 Å². The summed E-state index contributed by atoms with van der Waals surface area (Å²) in [6.07, 6.45) is 0. The van der Waals surface area contributed by atoms with Gasteiger partial charge in [0.15, 0.2) is 11.5 Å². The second-order valence-corrected chi connectivity index (χ2v) is 7.51. The maximum Gasteiger partial charge on any atom is 0.264 e. The number of aromatic amines is 1. The lowest BCUT2D eigenvalue weighted by Crippen LogP contribution is -2.19. The van der Waals surface area contributed by atoms with Crippen molar-refractivity contribution in [1.82, 2.24) is 9.97 Å². The highest BCUT2D eigenvalue weighted by Crippen LogP contribution is 2.30. The van der Waals surface area contributed by atoms with E-state index in [1.54, 1.807) is 31.4 Å². The highest BCUT2D eigenvalue weighted by atomic mass is 32.2. The smallest absolute Gasteiger partial charge is 0.264 e. The molecule has 0 saturated carbocycles. The molecule has 3 rings (SSSR count). The Bertz CT molecular complexity index is 1170. The Morgan fingerprint density at radius 2 is 1.59 bits per heavy atom. The Labute approximate surface area is 167 Å². The second kappa shape index (κ2) is 8.23. The number of sulfonamides is 1. The van der Waals surface area contributed by atoms with Crippen LogP contribution >= 0.6 is 0 Å². The van der Waals surface area contributed by atoms with Crippen molar-refractivity contribution >= 4 is 16.0 Å². The number of anilines is 1. The van der Waals surface area contributed by atoms with E-state index in [1.807, 2.05) is 0 Å². The highest BCUT2D eigenvalue weighted by molar-refractivity contribution is 7.92. The van der Waals surface area contributed by atoms with Gasteiger partial charge in [-0.25, -0.2) is 18.1 Å². The number of hydrogen-bond acceptors (Lipinski definition) is 7. The molecule has 0 bridgehead atoms. The van der Waals surface area contributed by atoms with Gasteiger partial charge in [-0.05, 0) is 36.4 Å². The van der Waals surface area contributed by atoms with Crippen molar-refractivity contribution < 1.29 is 22.6 Å². The first kappa shape index (κ1) is 20.2. The van der Waals surface area contributed by atoms with Gasteiger partial charge < -0.3 is 14.2 Å². The molecule has 0 aliphatic heterocycles. The minimum Gasteiger partial charge on any atom is -0.497 e. The average Bonchev–Trinajstić information content (AvgIpc) is 2.72. The quantitative estimate of drug-likeness (QED) is 0.605. The van der Waals surface area contributed by atoms with E-state index in [0.717, 1.165) is 0 Å². The van der Waals surface area contributed by atoms with Crippen LogP contribution in [0.15, 0.2) is 58.2 Å². The Hall–Kier alpha value is -3.53. The number of H-pyrrole nitrogens is 1. The predicted octanol–water partition coefficient (Wildman–Crippen LogP) is 2.26. The zero-order valence-electron chi connectivity index (χ0n) is 15.9. The molecule has 0 spiro atoms. The number of rotatable bonds is 7. The van der Waals surface area contributed by atoms with Crippen LogP contribution in [0, 0.1) is 0 Å². The molecule has 29 heavy (non-hydrogen) atoms. The standard InChI is InChI=1S/C19H19N3O6S/c1-26-13-6-4-12(5-7-13)15-11-18(23)21-19(20-15)22-29(24,25)14-8-9-16(27-2)17(10-14)28-3/h4-11H,1-3H3,(H2,20,21,22,23). The highest BCUT2D eigenvalue weighted by Gasteiger charge is 2.19. The van der Waals surface area contributed by atoms with Crippen molar-refractivity contribution in [3.63, 3.8) is 0 Å². The Balaban J connectivity index is 1.95. The lowest BCUT2D eigenvalue weighted by Gasteiger charge is -2.11. The molecule has 0 amide bonds. The average molecular weight is 417 g/mol. The maximum atomic E-state index is 12.7. The normalized spacial score (nSPS) is 11.0. The van der Waals surface area contributed by atoms with Gasteiger partial charge in [0.2, 0.25) is 5.95 Å². The molecule has 0 saturated heterocycles. The van der Waals surface area contributed by atoms with E-state index < -0.39 is 15.6 Å². The van der Waals surface area contributed by atoms with Gasteiger partial charge in [0.25, 0.3) is 15.6 Å². The summed E-state index contributed by atoms with van der Waals surface area (Å²) in [5, 5.41) is 0. The molecule has 9 nitrogen and oxygen atoms in total. The van der Waals surface area contributed by atoms with E-state index in [2.05, 4.69) is 14.7 Å². The van der Waals surface area contributed by atoms with Crippen LogP contribution in [0.2, 0.25) is 0 Å². The minimum atomic E-state index is -4.04. The molecule has 10 heteroatoms. The first-order valence-corrected chi connectivity index (χ1v) is 9.85. The molecular weight excluding hydrogens is 398 g/mol. The van der Waals surface area contributed by atoms with Gasteiger partial charge in [0, 0.05) is 17.7 Å². The topological polar surface area (TPSA) is 120 Å². The number of methoxy groups -OCH3 is 3. The number of ether oxygens (including phenoxy) is 3. The van der Waals surface area contributed by atoms with Gasteiger partial charge in [0.1, 0.15) is 5.75 Å². The van der Waals surface area contributed by atoms with Crippen molar-refractivity contribution in [2.45, 2.75) is 4.90 Å². The van der Waals surface area contributed by atoms with Crippen LogP contribution < -0.4 is 24.5 Å². The molecule has 2 aromatic carbocycles. The zero-order chi connectivity index (χ0) is 21.0. The van der Waals surface area contributed by atoms with Gasteiger partial charge in [-0.15, -0.1) is 0 Å². The van der Waals surface area contributed by atoms with Crippen LogP contribution in [0.1, 0.15) is 0 Å². The first-order valence-electron chi connectivity index (χ1n) is 8.37. The fourth-order valence-electron chi connectivity index (χ4n) is 2.59. The summed E-state index contributed by atoms with van der Waals surface area (Å²) >= 11 is 0. The van der Waals surface area contributed by atoms with Crippen molar-refractivity contribution in [2.24, 2.45) is 0 Å². The number of nitrogens with one attached hydrogen (secondary N) is 2. The van der Waals surface area contributed by atoms with Crippen LogP contribution in [0.3, 0.4) is 0 Å². The third-order valence-corrected chi connectivity index (χ3v) is 5.36. The molecule has 2 N–H and O–H groups in total. The van der Waals surface area contributed by atoms with Gasteiger partial charge in [-0.1, -0.05) is 0 Å². The lowest BCUT2D eigenvalue weighted by molar-refractivity contribution is 0.354. The molecule has 1 heterocycles. The van der Waals surface area contributed by atoms with Gasteiger partial charge in [-0.3, -0.25) is 9.78 Å². The van der Waals surface area contributed by atoms with Crippen molar-refractivity contribution in [1.29, 1.82) is 0 Å². The Morgan fingerprint density at radius 3 is 2.21 bits per heavy atom. The molecule has 3 aromatic rings. The summed E-state index contributed by atoms with van der Waals surface area (Å²) in [6, 6.07) is 12.3. The largest absolute Gasteiger partial charge is 0.497 e. The monoisotopic (exact) mass is 417 g/mol. The van der Waals surface area contributed by atoms with E-state index in [4.69, 9.17) is 14.2 Å². The third kappa shape index (κ3) is 4.49. The lowest BCUT2D eigenvalue weighted by atomic mass is 10.1. The van der Waals surface area contributed by atoms with Crippen molar-refractivity contribution in [3.05, 3.63) is 58.9 Å². The van der Waals surface area contributed by atoms with Crippen molar-refractivity contribution in [2.75, 3.05) is 26.1 Å². The minimum absolute atomic E-state index is 0.0763. The summed E-state index contributed by atoms with van der Waals surface area (Å²) in [5.41, 5.74) is 0.431. The molecule has 0 fully saturated rings.